The topological polar surface area (TPSA) is 51.8 Å². The van der Waals surface area contributed by atoms with Crippen LogP contribution in [-0.2, 0) is 0 Å². The van der Waals surface area contributed by atoms with Gasteiger partial charge in [0.1, 0.15) is 11.2 Å². The molecule has 0 amide bonds. The normalized spacial score (nSPS) is 11.7. The van der Waals surface area contributed by atoms with E-state index in [2.05, 4.69) is 158 Å². The van der Waals surface area contributed by atoms with Crippen molar-refractivity contribution < 1.29 is 4.42 Å². The van der Waals surface area contributed by atoms with E-state index in [1.165, 1.54) is 30.9 Å². The van der Waals surface area contributed by atoms with Crippen LogP contribution in [0.3, 0.4) is 0 Å². The number of nitrogens with zero attached hydrogens (tertiary/aromatic N) is 3. The summed E-state index contributed by atoms with van der Waals surface area (Å²) < 4.78 is 8.73. The van der Waals surface area contributed by atoms with Gasteiger partial charge < -0.3 is 4.42 Å². The summed E-state index contributed by atoms with van der Waals surface area (Å²) in [6.45, 7) is 0. The molecule has 0 saturated carbocycles. The first kappa shape index (κ1) is 30.7. The van der Waals surface area contributed by atoms with E-state index in [0.717, 1.165) is 60.9 Å². The first-order valence-electron chi connectivity index (χ1n) is 18.0. The molecule has 5 heteroatoms. The Bertz CT molecular complexity index is 3220. The SMILES string of the molecule is c1ccc(-c2nc(-c3cccc(-c4ccc(-c5ccc6oc7cc8ccccc8cc7c6c5)cc4)c3)nc(-c3cccc4sc5ccccc5c34)n2)cc1. The highest BCUT2D eigenvalue weighted by molar-refractivity contribution is 7.25. The van der Waals surface area contributed by atoms with Crippen LogP contribution in [0.4, 0.5) is 0 Å². The van der Waals surface area contributed by atoms with Crippen molar-refractivity contribution in [2.24, 2.45) is 0 Å². The van der Waals surface area contributed by atoms with E-state index >= 15 is 0 Å². The van der Waals surface area contributed by atoms with E-state index in [9.17, 15) is 0 Å². The summed E-state index contributed by atoms with van der Waals surface area (Å²) in [7, 11) is 0. The number of hydrogen-bond donors (Lipinski definition) is 0. The van der Waals surface area contributed by atoms with Gasteiger partial charge >= 0.3 is 0 Å². The van der Waals surface area contributed by atoms with Gasteiger partial charge in [-0.15, -0.1) is 11.3 Å². The van der Waals surface area contributed by atoms with Crippen LogP contribution in [0.25, 0.3) is 109 Å². The molecule has 252 valence electrons. The van der Waals surface area contributed by atoms with Crippen LogP contribution in [0.5, 0.6) is 0 Å². The molecule has 4 nitrogen and oxygen atoms in total. The van der Waals surface area contributed by atoms with Crippen LogP contribution in [0.15, 0.2) is 180 Å². The molecule has 0 aliphatic rings. The highest BCUT2D eigenvalue weighted by atomic mass is 32.1. The van der Waals surface area contributed by atoms with Gasteiger partial charge in [0.25, 0.3) is 0 Å². The molecule has 0 fully saturated rings. The molecule has 8 aromatic carbocycles. The fraction of sp³-hybridized carbons (Fsp3) is 0. The maximum absolute atomic E-state index is 6.26. The second-order valence-electron chi connectivity index (χ2n) is 13.6. The molecule has 0 N–H and O–H groups in total. The van der Waals surface area contributed by atoms with Crippen molar-refractivity contribution in [2.75, 3.05) is 0 Å². The number of hydrogen-bond acceptors (Lipinski definition) is 5. The van der Waals surface area contributed by atoms with E-state index in [1.807, 2.05) is 18.2 Å². The van der Waals surface area contributed by atoms with Crippen LogP contribution in [0.1, 0.15) is 0 Å². The first-order valence-corrected chi connectivity index (χ1v) is 18.8. The van der Waals surface area contributed by atoms with Crippen molar-refractivity contribution in [3.05, 3.63) is 176 Å². The lowest BCUT2D eigenvalue weighted by molar-refractivity contribution is 0.669. The summed E-state index contributed by atoms with van der Waals surface area (Å²) in [5.41, 5.74) is 9.22. The van der Waals surface area contributed by atoms with E-state index in [4.69, 9.17) is 19.4 Å². The Morgan fingerprint density at radius 2 is 0.944 bits per heavy atom. The zero-order chi connectivity index (χ0) is 35.6. The molecule has 0 aliphatic heterocycles. The molecule has 0 atom stereocenters. The predicted molar refractivity (Wildman–Crippen MR) is 225 cm³/mol. The third-order valence-corrected chi connectivity index (χ3v) is 11.5. The standard InChI is InChI=1S/C49H29N3OS/c1-2-10-32(11-3-1)47-50-48(52-49(51-47)39-17-9-19-45-46(39)38-16-6-7-18-44(38)54-45)37-15-8-14-33(26-37)30-20-22-31(23-21-30)36-24-25-42-40(28-36)41-27-34-12-4-5-13-35(34)29-43(41)53-42/h1-29H. The summed E-state index contributed by atoms with van der Waals surface area (Å²) in [6, 6.07) is 61.6. The molecule has 0 saturated heterocycles. The molecule has 0 spiro atoms. The van der Waals surface area contributed by atoms with E-state index in [1.54, 1.807) is 11.3 Å². The van der Waals surface area contributed by atoms with Crippen molar-refractivity contribution in [1.82, 2.24) is 15.0 Å². The lowest BCUT2D eigenvalue weighted by Crippen LogP contribution is -2.00. The minimum absolute atomic E-state index is 0.641. The number of aromatic nitrogens is 3. The highest BCUT2D eigenvalue weighted by Crippen LogP contribution is 2.40. The molecule has 54 heavy (non-hydrogen) atoms. The predicted octanol–water partition coefficient (Wildman–Crippen LogP) is 13.6. The van der Waals surface area contributed by atoms with Crippen molar-refractivity contribution in [3.8, 4) is 56.4 Å². The molecule has 0 aliphatic carbocycles. The quantitative estimate of drug-likeness (QED) is 0.179. The van der Waals surface area contributed by atoms with Gasteiger partial charge in [0.2, 0.25) is 0 Å². The number of thiophene rings is 1. The molecule has 11 aromatic rings. The Labute approximate surface area is 314 Å². The molecule has 0 bridgehead atoms. The van der Waals surface area contributed by atoms with Gasteiger partial charge in [-0.1, -0.05) is 133 Å². The lowest BCUT2D eigenvalue weighted by atomic mass is 9.98. The zero-order valence-corrected chi connectivity index (χ0v) is 29.7. The Balaban J connectivity index is 0.979. The zero-order valence-electron chi connectivity index (χ0n) is 28.9. The smallest absolute Gasteiger partial charge is 0.164 e. The number of rotatable bonds is 5. The number of fused-ring (bicyclic) bond motifs is 7. The fourth-order valence-electron chi connectivity index (χ4n) is 7.64. The Hall–Kier alpha value is -6.95. The molecule has 11 rings (SSSR count). The van der Waals surface area contributed by atoms with Gasteiger partial charge in [-0.3, -0.25) is 0 Å². The van der Waals surface area contributed by atoms with Crippen molar-refractivity contribution in [3.63, 3.8) is 0 Å². The van der Waals surface area contributed by atoms with Crippen LogP contribution >= 0.6 is 11.3 Å². The second-order valence-corrected chi connectivity index (χ2v) is 14.7. The lowest BCUT2D eigenvalue weighted by Gasteiger charge is -2.11. The summed E-state index contributed by atoms with van der Waals surface area (Å²) in [4.78, 5) is 15.3. The van der Waals surface area contributed by atoms with Gasteiger partial charge in [-0.05, 0) is 75.5 Å². The Morgan fingerprint density at radius 1 is 0.352 bits per heavy atom. The van der Waals surface area contributed by atoms with Crippen molar-refractivity contribution in [2.45, 2.75) is 0 Å². The molecule has 0 unspecified atom stereocenters. The maximum Gasteiger partial charge on any atom is 0.164 e. The van der Waals surface area contributed by atoms with Crippen molar-refractivity contribution >= 4 is 64.2 Å². The minimum atomic E-state index is 0.641. The summed E-state index contributed by atoms with van der Waals surface area (Å²) in [5, 5.41) is 7.05. The van der Waals surface area contributed by atoms with E-state index < -0.39 is 0 Å². The second kappa shape index (κ2) is 12.3. The average molecular weight is 708 g/mol. The summed E-state index contributed by atoms with van der Waals surface area (Å²) in [6.07, 6.45) is 0. The van der Waals surface area contributed by atoms with E-state index in [-0.39, 0.29) is 0 Å². The maximum atomic E-state index is 6.26. The monoisotopic (exact) mass is 707 g/mol. The minimum Gasteiger partial charge on any atom is -0.456 e. The molecule has 3 aromatic heterocycles. The first-order chi connectivity index (χ1) is 26.7. The van der Waals surface area contributed by atoms with Crippen LogP contribution < -0.4 is 0 Å². The molecular weight excluding hydrogens is 679 g/mol. The van der Waals surface area contributed by atoms with Crippen LogP contribution in [0, 0.1) is 0 Å². The molecular formula is C49H29N3OS. The summed E-state index contributed by atoms with van der Waals surface area (Å²) in [5.74, 6) is 1.96. The third-order valence-electron chi connectivity index (χ3n) is 10.3. The fourth-order valence-corrected chi connectivity index (χ4v) is 8.77. The number of furan rings is 1. The van der Waals surface area contributed by atoms with Gasteiger partial charge in [-0.2, -0.15) is 0 Å². The number of benzene rings is 8. The third kappa shape index (κ3) is 5.17. The van der Waals surface area contributed by atoms with Crippen LogP contribution in [-0.4, -0.2) is 15.0 Å². The van der Waals surface area contributed by atoms with Gasteiger partial charge in [0.15, 0.2) is 17.5 Å². The summed E-state index contributed by atoms with van der Waals surface area (Å²) >= 11 is 1.80. The van der Waals surface area contributed by atoms with E-state index in [0.29, 0.717) is 17.5 Å². The Morgan fingerprint density at radius 3 is 1.78 bits per heavy atom. The molecule has 3 heterocycles. The van der Waals surface area contributed by atoms with Gasteiger partial charge in [0, 0.05) is 47.6 Å². The molecule has 0 radical (unpaired) electrons. The largest absolute Gasteiger partial charge is 0.456 e. The van der Waals surface area contributed by atoms with Gasteiger partial charge in [-0.25, -0.2) is 15.0 Å². The average Bonchev–Trinajstić information content (AvgIpc) is 3.80. The van der Waals surface area contributed by atoms with Crippen LogP contribution in [0.2, 0.25) is 0 Å². The Kier molecular flexibility index (Phi) is 7.00. The van der Waals surface area contributed by atoms with Crippen molar-refractivity contribution in [1.29, 1.82) is 0 Å². The highest BCUT2D eigenvalue weighted by Gasteiger charge is 2.17. The van der Waals surface area contributed by atoms with Gasteiger partial charge in [0.05, 0.1) is 0 Å².